The van der Waals surface area contributed by atoms with Crippen LogP contribution in [0.15, 0.2) is 48.8 Å². The Kier molecular flexibility index (Phi) is 5.32. The fourth-order valence-corrected chi connectivity index (χ4v) is 1.17. The average Bonchev–Trinajstić information content (AvgIpc) is 2.29. The molecule has 1 heterocycles. The van der Waals surface area contributed by atoms with Gasteiger partial charge in [-0.2, -0.15) is 0 Å². The Hall–Kier alpha value is -0.900. The van der Waals surface area contributed by atoms with Crippen LogP contribution in [0.1, 0.15) is 5.56 Å². The van der Waals surface area contributed by atoms with Gasteiger partial charge in [-0.1, -0.05) is 30.3 Å². The van der Waals surface area contributed by atoms with Crippen molar-refractivity contribution in [1.82, 2.24) is 9.97 Å². The number of hydrogen-bond acceptors (Lipinski definition) is 3. The summed E-state index contributed by atoms with van der Waals surface area (Å²) in [5, 5.41) is 3.14. The molecule has 1 aromatic carbocycles. The monoisotopic (exact) mass is 209 g/mol. The fraction of sp³-hybridized carbons (Fsp3) is 0.0909. The van der Waals surface area contributed by atoms with Gasteiger partial charge in [0.25, 0.3) is 0 Å². The second-order valence-corrected chi connectivity index (χ2v) is 2.91. The van der Waals surface area contributed by atoms with E-state index in [1.165, 1.54) is 5.56 Å². The van der Waals surface area contributed by atoms with Crippen molar-refractivity contribution in [3.8, 4) is 0 Å². The molecule has 3 nitrogen and oxygen atoms in total. The van der Waals surface area contributed by atoms with Gasteiger partial charge in [0.15, 0.2) is 0 Å². The van der Waals surface area contributed by atoms with Crippen molar-refractivity contribution in [2.75, 3.05) is 5.32 Å². The van der Waals surface area contributed by atoms with E-state index in [1.54, 1.807) is 18.5 Å². The molecular formula is C11H12N3Na. The molecule has 0 aliphatic carbocycles. The summed E-state index contributed by atoms with van der Waals surface area (Å²) in [6, 6.07) is 12.0. The van der Waals surface area contributed by atoms with Crippen molar-refractivity contribution in [3.63, 3.8) is 0 Å². The van der Waals surface area contributed by atoms with Gasteiger partial charge < -0.3 is 5.32 Å². The van der Waals surface area contributed by atoms with Gasteiger partial charge in [-0.05, 0) is 11.6 Å². The maximum Gasteiger partial charge on any atom is 0.222 e. The normalized spacial score (nSPS) is 9.07. The van der Waals surface area contributed by atoms with Crippen molar-refractivity contribution in [2.24, 2.45) is 0 Å². The quantitative estimate of drug-likeness (QED) is 0.777. The Labute approximate surface area is 111 Å². The topological polar surface area (TPSA) is 37.8 Å². The van der Waals surface area contributed by atoms with Gasteiger partial charge in [0.05, 0.1) is 0 Å². The first kappa shape index (κ1) is 12.2. The zero-order valence-corrected chi connectivity index (χ0v) is 7.72. The molecule has 1 N–H and O–H groups in total. The number of nitrogens with zero attached hydrogens (tertiary/aromatic N) is 2. The van der Waals surface area contributed by atoms with Gasteiger partial charge in [0, 0.05) is 18.9 Å². The zero-order valence-electron chi connectivity index (χ0n) is 7.72. The molecule has 0 unspecified atom stereocenters. The van der Waals surface area contributed by atoms with Crippen LogP contribution in [0.4, 0.5) is 5.95 Å². The Morgan fingerprint density at radius 1 is 0.933 bits per heavy atom. The number of aromatic nitrogens is 2. The predicted molar refractivity (Wildman–Crippen MR) is 62.9 cm³/mol. The Morgan fingerprint density at radius 3 is 2.27 bits per heavy atom. The van der Waals surface area contributed by atoms with E-state index in [2.05, 4.69) is 27.4 Å². The summed E-state index contributed by atoms with van der Waals surface area (Å²) in [4.78, 5) is 8.14. The molecule has 0 aliphatic heterocycles. The number of benzene rings is 1. The molecule has 2 aromatic rings. The maximum atomic E-state index is 4.07. The summed E-state index contributed by atoms with van der Waals surface area (Å²) in [5.41, 5.74) is 1.22. The third-order valence-corrected chi connectivity index (χ3v) is 1.86. The van der Waals surface area contributed by atoms with E-state index < -0.39 is 0 Å². The summed E-state index contributed by atoms with van der Waals surface area (Å²) < 4.78 is 0. The molecule has 2 rings (SSSR count). The van der Waals surface area contributed by atoms with Crippen molar-refractivity contribution in [3.05, 3.63) is 54.4 Å². The maximum absolute atomic E-state index is 4.07. The van der Waals surface area contributed by atoms with E-state index >= 15 is 0 Å². The first-order chi connectivity index (χ1) is 6.95. The van der Waals surface area contributed by atoms with E-state index in [0.717, 1.165) is 6.54 Å². The standard InChI is InChI=1S/C11H11N3.Na.H/c1-2-5-10(6-3-1)9-14-11-12-7-4-8-13-11;;/h1-8H,9H2,(H,12,13,14);;. The zero-order chi connectivity index (χ0) is 9.64. The number of anilines is 1. The molecule has 0 spiro atoms. The van der Waals surface area contributed by atoms with Crippen LogP contribution in [-0.2, 0) is 6.54 Å². The fourth-order valence-electron chi connectivity index (χ4n) is 1.17. The second-order valence-electron chi connectivity index (χ2n) is 2.91. The molecule has 72 valence electrons. The van der Waals surface area contributed by atoms with E-state index in [1.807, 2.05) is 18.2 Å². The van der Waals surface area contributed by atoms with Crippen LogP contribution in [0.2, 0.25) is 0 Å². The van der Waals surface area contributed by atoms with Crippen LogP contribution in [0.25, 0.3) is 0 Å². The van der Waals surface area contributed by atoms with Crippen LogP contribution in [-0.4, -0.2) is 39.5 Å². The SMILES string of the molecule is [NaH].c1ccc(CNc2ncccn2)cc1. The van der Waals surface area contributed by atoms with E-state index in [9.17, 15) is 0 Å². The number of rotatable bonds is 3. The summed E-state index contributed by atoms with van der Waals surface area (Å²) >= 11 is 0. The molecule has 1 aromatic heterocycles. The minimum atomic E-state index is 0. The molecule has 15 heavy (non-hydrogen) atoms. The predicted octanol–water partition coefficient (Wildman–Crippen LogP) is 1.44. The van der Waals surface area contributed by atoms with Crippen LogP contribution in [0.3, 0.4) is 0 Å². The molecule has 0 radical (unpaired) electrons. The molecular weight excluding hydrogens is 197 g/mol. The van der Waals surface area contributed by atoms with Gasteiger partial charge in [0.1, 0.15) is 0 Å². The van der Waals surface area contributed by atoms with Crippen molar-refractivity contribution in [2.45, 2.75) is 6.54 Å². The molecule has 0 fully saturated rings. The van der Waals surface area contributed by atoms with Gasteiger partial charge in [-0.3, -0.25) is 0 Å². The Bertz CT molecular complexity index is 338. The van der Waals surface area contributed by atoms with Crippen molar-refractivity contribution < 1.29 is 0 Å². The first-order valence-corrected chi connectivity index (χ1v) is 4.50. The van der Waals surface area contributed by atoms with Gasteiger partial charge in [-0.15, -0.1) is 0 Å². The minimum Gasteiger partial charge on any atom is -0.350 e. The molecule has 0 saturated carbocycles. The summed E-state index contributed by atoms with van der Waals surface area (Å²) in [7, 11) is 0. The molecule has 4 heteroatoms. The van der Waals surface area contributed by atoms with E-state index in [-0.39, 0.29) is 29.6 Å². The Morgan fingerprint density at radius 2 is 1.60 bits per heavy atom. The summed E-state index contributed by atoms with van der Waals surface area (Å²) in [6.45, 7) is 0.755. The molecule has 0 atom stereocenters. The van der Waals surface area contributed by atoms with E-state index in [0.29, 0.717) is 5.95 Å². The minimum absolute atomic E-state index is 0. The van der Waals surface area contributed by atoms with Crippen molar-refractivity contribution in [1.29, 1.82) is 0 Å². The number of hydrogen-bond donors (Lipinski definition) is 1. The molecule has 0 amide bonds. The van der Waals surface area contributed by atoms with Crippen LogP contribution in [0.5, 0.6) is 0 Å². The second kappa shape index (κ2) is 6.56. The van der Waals surface area contributed by atoms with Crippen molar-refractivity contribution >= 4 is 35.5 Å². The van der Waals surface area contributed by atoms with Gasteiger partial charge in [0.2, 0.25) is 5.95 Å². The summed E-state index contributed by atoms with van der Waals surface area (Å²) in [5.74, 6) is 0.663. The average molecular weight is 209 g/mol. The van der Waals surface area contributed by atoms with Gasteiger partial charge >= 0.3 is 29.6 Å². The smallest absolute Gasteiger partial charge is 0.222 e. The van der Waals surface area contributed by atoms with Crippen LogP contribution >= 0.6 is 0 Å². The Balaban J connectivity index is 0.00000112. The molecule has 0 bridgehead atoms. The van der Waals surface area contributed by atoms with Crippen LogP contribution in [0, 0.1) is 0 Å². The molecule has 0 saturated heterocycles. The molecule has 0 aliphatic rings. The third kappa shape index (κ3) is 4.00. The third-order valence-electron chi connectivity index (χ3n) is 1.86. The van der Waals surface area contributed by atoms with Crippen LogP contribution < -0.4 is 5.32 Å². The van der Waals surface area contributed by atoms with E-state index in [4.69, 9.17) is 0 Å². The van der Waals surface area contributed by atoms with Gasteiger partial charge in [-0.25, -0.2) is 9.97 Å². The first-order valence-electron chi connectivity index (χ1n) is 4.50. The summed E-state index contributed by atoms with van der Waals surface area (Å²) in [6.07, 6.45) is 3.45. The largest absolute Gasteiger partial charge is 0.350 e. The number of nitrogens with one attached hydrogen (secondary N) is 1.